The van der Waals surface area contributed by atoms with E-state index in [0.29, 0.717) is 32.2 Å². The maximum Gasteiger partial charge on any atom is 0.237 e. The van der Waals surface area contributed by atoms with Crippen molar-refractivity contribution in [2.24, 2.45) is 5.92 Å². The van der Waals surface area contributed by atoms with E-state index in [1.165, 1.54) is 23.3 Å². The Bertz CT molecular complexity index is 913. The van der Waals surface area contributed by atoms with Gasteiger partial charge < -0.3 is 19.5 Å². The van der Waals surface area contributed by atoms with Gasteiger partial charge in [0.25, 0.3) is 0 Å². The lowest BCUT2D eigenvalue weighted by atomic mass is 10.0. The molecule has 0 saturated heterocycles. The Balaban J connectivity index is 1.45. The molecule has 1 fully saturated rings. The number of hydrogen-bond acceptors (Lipinski definition) is 6. The van der Waals surface area contributed by atoms with Crippen LogP contribution in [-0.4, -0.2) is 66.8 Å². The number of rotatable bonds is 12. The van der Waals surface area contributed by atoms with Crippen LogP contribution in [0.4, 0.5) is 0 Å². The third kappa shape index (κ3) is 6.49. The predicted octanol–water partition coefficient (Wildman–Crippen LogP) is 4.13. The molecule has 1 aromatic carbocycles. The lowest BCUT2D eigenvalue weighted by Gasteiger charge is -2.37. The number of carbonyl (C=O) groups is 1. The summed E-state index contributed by atoms with van der Waals surface area (Å²) in [5, 5.41) is 12.5. The second-order valence-electron chi connectivity index (χ2n) is 9.22. The van der Waals surface area contributed by atoms with Gasteiger partial charge >= 0.3 is 0 Å². The van der Waals surface area contributed by atoms with Gasteiger partial charge in [-0.1, -0.05) is 19.4 Å². The van der Waals surface area contributed by atoms with Crippen LogP contribution in [-0.2, 0) is 11.2 Å². The van der Waals surface area contributed by atoms with E-state index in [1.807, 2.05) is 29.2 Å². The molecule has 1 aliphatic heterocycles. The molecule has 0 spiro atoms. The molecule has 0 bridgehead atoms. The number of benzene rings is 1. The molecule has 6 nitrogen and oxygen atoms in total. The first-order valence-electron chi connectivity index (χ1n) is 12.1. The van der Waals surface area contributed by atoms with E-state index >= 15 is 0 Å². The number of carbonyl (C=O) groups excluding carboxylic acids is 1. The summed E-state index contributed by atoms with van der Waals surface area (Å²) < 4.78 is 11.5. The molecule has 2 heterocycles. The van der Waals surface area contributed by atoms with Crippen molar-refractivity contribution in [2.45, 2.75) is 51.2 Å². The zero-order chi connectivity index (χ0) is 23.2. The van der Waals surface area contributed by atoms with E-state index in [9.17, 15) is 9.90 Å². The third-order valence-electron chi connectivity index (χ3n) is 6.53. The summed E-state index contributed by atoms with van der Waals surface area (Å²) in [5.74, 6) is 2.28. The summed E-state index contributed by atoms with van der Waals surface area (Å²) in [6, 6.07) is 9.61. The molecule has 2 unspecified atom stereocenters. The Hall–Kier alpha value is -2.09. The van der Waals surface area contributed by atoms with Crippen LogP contribution in [0.1, 0.15) is 49.1 Å². The number of aliphatic hydroxyl groups excluding tert-OH is 1. The van der Waals surface area contributed by atoms with Crippen LogP contribution in [0, 0.1) is 5.92 Å². The molecular weight excluding hydrogens is 436 g/mol. The van der Waals surface area contributed by atoms with Crippen molar-refractivity contribution in [1.29, 1.82) is 0 Å². The molecule has 7 heteroatoms. The minimum Gasteiger partial charge on any atom is -0.497 e. The van der Waals surface area contributed by atoms with Crippen LogP contribution < -0.4 is 9.47 Å². The standard InChI is InChI=1S/C26H36N2O4S/c1-3-5-20(29)16-27(15-19-8-9-19)17-26(30)28-12-10-25-23(11-13-33-25)24(28)18-32-22-7-4-6-21(14-22)31-2/h4,6-7,11,13-14,19-20,24,29H,3,5,8-10,12,15-18H2,1-2H3. The van der Waals surface area contributed by atoms with Crippen molar-refractivity contribution in [2.75, 3.05) is 39.9 Å². The summed E-state index contributed by atoms with van der Waals surface area (Å²) in [4.78, 5) is 19.0. The highest BCUT2D eigenvalue weighted by atomic mass is 32.1. The summed E-state index contributed by atoms with van der Waals surface area (Å²) >= 11 is 1.76. The normalized spacial score (nSPS) is 18.8. The summed E-state index contributed by atoms with van der Waals surface area (Å²) in [7, 11) is 1.64. The van der Waals surface area contributed by atoms with Crippen molar-refractivity contribution in [3.05, 3.63) is 46.2 Å². The van der Waals surface area contributed by atoms with E-state index in [-0.39, 0.29) is 18.1 Å². The van der Waals surface area contributed by atoms with Gasteiger partial charge in [0.05, 0.1) is 25.8 Å². The number of hydrogen-bond donors (Lipinski definition) is 1. The van der Waals surface area contributed by atoms with Crippen LogP contribution in [0.5, 0.6) is 11.5 Å². The van der Waals surface area contributed by atoms with Gasteiger partial charge in [0, 0.05) is 30.6 Å². The maximum absolute atomic E-state index is 13.5. The quantitative estimate of drug-likeness (QED) is 0.503. The largest absolute Gasteiger partial charge is 0.497 e. The van der Waals surface area contributed by atoms with E-state index in [0.717, 1.165) is 37.3 Å². The summed E-state index contributed by atoms with van der Waals surface area (Å²) in [6.45, 7) is 5.01. The fourth-order valence-corrected chi connectivity index (χ4v) is 5.54. The monoisotopic (exact) mass is 472 g/mol. The molecular formula is C26H36N2O4S. The van der Waals surface area contributed by atoms with Crippen molar-refractivity contribution in [1.82, 2.24) is 9.80 Å². The zero-order valence-electron chi connectivity index (χ0n) is 19.7. The molecule has 180 valence electrons. The number of amides is 1. The lowest BCUT2D eigenvalue weighted by molar-refractivity contribution is -0.136. The van der Waals surface area contributed by atoms with Gasteiger partial charge in [-0.05, 0) is 60.7 Å². The van der Waals surface area contributed by atoms with Crippen LogP contribution in [0.15, 0.2) is 35.7 Å². The molecule has 1 aromatic heterocycles. The Morgan fingerprint density at radius 2 is 2.12 bits per heavy atom. The zero-order valence-corrected chi connectivity index (χ0v) is 20.6. The number of ether oxygens (including phenoxy) is 2. The molecule has 4 rings (SSSR count). The smallest absolute Gasteiger partial charge is 0.237 e. The van der Waals surface area contributed by atoms with Gasteiger partial charge in [0.15, 0.2) is 0 Å². The Labute approximate surface area is 201 Å². The van der Waals surface area contributed by atoms with Crippen molar-refractivity contribution >= 4 is 17.2 Å². The van der Waals surface area contributed by atoms with Gasteiger partial charge in [-0.2, -0.15) is 0 Å². The molecule has 1 saturated carbocycles. The van der Waals surface area contributed by atoms with E-state index < -0.39 is 0 Å². The van der Waals surface area contributed by atoms with Crippen LogP contribution in [0.3, 0.4) is 0 Å². The SMILES string of the molecule is CCCC(O)CN(CC(=O)N1CCc2sccc2C1COc1cccc(OC)c1)CC1CC1. The lowest BCUT2D eigenvalue weighted by Crippen LogP contribution is -2.48. The first kappa shape index (κ1) is 24.0. The van der Waals surface area contributed by atoms with E-state index in [1.54, 1.807) is 18.4 Å². The molecule has 1 N–H and O–H groups in total. The highest BCUT2D eigenvalue weighted by Crippen LogP contribution is 2.35. The maximum atomic E-state index is 13.5. The minimum absolute atomic E-state index is 0.109. The van der Waals surface area contributed by atoms with Gasteiger partial charge in [-0.25, -0.2) is 0 Å². The number of nitrogens with zero attached hydrogens (tertiary/aromatic N) is 2. The predicted molar refractivity (Wildman–Crippen MR) is 131 cm³/mol. The second-order valence-corrected chi connectivity index (χ2v) is 10.2. The number of thiophene rings is 1. The Morgan fingerprint density at radius 1 is 1.30 bits per heavy atom. The van der Waals surface area contributed by atoms with E-state index in [4.69, 9.17) is 9.47 Å². The third-order valence-corrected chi connectivity index (χ3v) is 7.52. The summed E-state index contributed by atoms with van der Waals surface area (Å²) in [6.07, 6.45) is 4.69. The highest BCUT2D eigenvalue weighted by molar-refractivity contribution is 7.10. The Morgan fingerprint density at radius 3 is 2.88 bits per heavy atom. The molecule has 2 atom stereocenters. The molecule has 2 aliphatic rings. The first-order valence-corrected chi connectivity index (χ1v) is 13.0. The van der Waals surface area contributed by atoms with Crippen molar-refractivity contribution in [3.8, 4) is 11.5 Å². The minimum atomic E-state index is -0.376. The second kappa shape index (κ2) is 11.4. The average Bonchev–Trinajstić information content (AvgIpc) is 3.49. The van der Waals surface area contributed by atoms with Gasteiger partial charge in [-0.3, -0.25) is 9.69 Å². The first-order chi connectivity index (χ1) is 16.1. The van der Waals surface area contributed by atoms with E-state index in [2.05, 4.69) is 23.3 Å². The fourth-order valence-electron chi connectivity index (χ4n) is 4.61. The number of aliphatic hydroxyl groups is 1. The van der Waals surface area contributed by atoms with Gasteiger partial charge in [0.1, 0.15) is 18.1 Å². The molecule has 2 aromatic rings. The Kier molecular flexibility index (Phi) is 8.28. The van der Waals surface area contributed by atoms with Gasteiger partial charge in [-0.15, -0.1) is 11.3 Å². The van der Waals surface area contributed by atoms with Crippen molar-refractivity contribution in [3.63, 3.8) is 0 Å². The van der Waals surface area contributed by atoms with Crippen molar-refractivity contribution < 1.29 is 19.4 Å². The fraction of sp³-hybridized carbons (Fsp3) is 0.577. The number of methoxy groups -OCH3 is 1. The molecule has 1 aliphatic carbocycles. The van der Waals surface area contributed by atoms with Gasteiger partial charge in [0.2, 0.25) is 5.91 Å². The average molecular weight is 473 g/mol. The molecule has 0 radical (unpaired) electrons. The molecule has 1 amide bonds. The molecule has 33 heavy (non-hydrogen) atoms. The van der Waals surface area contributed by atoms with Crippen LogP contribution in [0.25, 0.3) is 0 Å². The van der Waals surface area contributed by atoms with Crippen LogP contribution >= 0.6 is 11.3 Å². The highest BCUT2D eigenvalue weighted by Gasteiger charge is 2.34. The van der Waals surface area contributed by atoms with Crippen LogP contribution in [0.2, 0.25) is 0 Å². The topological polar surface area (TPSA) is 62.2 Å². The number of fused-ring (bicyclic) bond motifs is 1. The summed E-state index contributed by atoms with van der Waals surface area (Å²) in [5.41, 5.74) is 1.20.